The Morgan fingerprint density at radius 2 is 1.48 bits per heavy atom. The second-order valence-corrected chi connectivity index (χ2v) is 6.58. The van der Waals surface area contributed by atoms with Crippen LogP contribution in [0.15, 0.2) is 71.7 Å². The van der Waals surface area contributed by atoms with Gasteiger partial charge in [0.2, 0.25) is 0 Å². The zero-order chi connectivity index (χ0) is 22.8. The maximum Gasteiger partial charge on any atom is 0.418 e. The lowest BCUT2D eigenvalue weighted by atomic mass is 10.1. The molecule has 3 aromatic rings. The molecule has 0 aliphatic heterocycles. The van der Waals surface area contributed by atoms with Crippen LogP contribution in [-0.4, -0.2) is 10.5 Å². The molecule has 162 valence electrons. The van der Waals surface area contributed by atoms with Crippen LogP contribution >= 0.6 is 0 Å². The van der Waals surface area contributed by atoms with E-state index < -0.39 is 40.6 Å². The molecule has 1 amide bonds. The molecule has 0 spiro atoms. The summed E-state index contributed by atoms with van der Waals surface area (Å²) < 4.78 is 78.4. The topological polar surface area (TPSA) is 51.1 Å². The fourth-order valence-corrected chi connectivity index (χ4v) is 2.82. The van der Waals surface area contributed by atoms with Crippen molar-refractivity contribution in [2.45, 2.75) is 18.9 Å². The summed E-state index contributed by atoms with van der Waals surface area (Å²) >= 11 is 0. The van der Waals surface area contributed by atoms with E-state index in [1.54, 1.807) is 0 Å². The summed E-state index contributed by atoms with van der Waals surface area (Å²) in [7, 11) is 0. The van der Waals surface area contributed by atoms with Crippen molar-refractivity contribution in [3.8, 4) is 0 Å². The van der Waals surface area contributed by atoms with Crippen LogP contribution in [0.3, 0.4) is 0 Å². The van der Waals surface area contributed by atoms with Crippen molar-refractivity contribution < 1.29 is 31.1 Å². The largest absolute Gasteiger partial charge is 0.418 e. The Balaban J connectivity index is 1.83. The van der Waals surface area contributed by atoms with Crippen molar-refractivity contribution in [2.24, 2.45) is 0 Å². The highest BCUT2D eigenvalue weighted by molar-refractivity contribution is 6.04. The molecule has 0 aliphatic carbocycles. The number of para-hydroxylation sites is 1. The Labute approximate surface area is 171 Å². The number of halogens is 6. The van der Waals surface area contributed by atoms with E-state index in [-0.39, 0.29) is 12.1 Å². The van der Waals surface area contributed by atoms with E-state index in [0.717, 1.165) is 47.2 Å². The molecular formula is C21H14F6N2O2. The number of hydrogen-bond donors (Lipinski definition) is 1. The van der Waals surface area contributed by atoms with Gasteiger partial charge < -0.3 is 9.88 Å². The van der Waals surface area contributed by atoms with Crippen LogP contribution in [0, 0.1) is 0 Å². The molecule has 1 aromatic heterocycles. The van der Waals surface area contributed by atoms with E-state index in [0.29, 0.717) is 5.56 Å². The number of benzene rings is 2. The van der Waals surface area contributed by atoms with Crippen molar-refractivity contribution in [1.29, 1.82) is 0 Å². The third kappa shape index (κ3) is 5.33. The molecule has 31 heavy (non-hydrogen) atoms. The highest BCUT2D eigenvalue weighted by atomic mass is 19.4. The first-order valence-corrected chi connectivity index (χ1v) is 8.79. The van der Waals surface area contributed by atoms with Gasteiger partial charge in [-0.2, -0.15) is 26.3 Å². The minimum absolute atomic E-state index is 0.0940. The second kappa shape index (κ2) is 8.29. The number of amides is 1. The Morgan fingerprint density at radius 1 is 0.839 bits per heavy atom. The molecular weight excluding hydrogens is 426 g/mol. The van der Waals surface area contributed by atoms with Gasteiger partial charge in [-0.1, -0.05) is 24.3 Å². The number of rotatable bonds is 4. The van der Waals surface area contributed by atoms with Crippen molar-refractivity contribution in [3.63, 3.8) is 0 Å². The van der Waals surface area contributed by atoms with Gasteiger partial charge in [0.15, 0.2) is 0 Å². The molecule has 0 radical (unpaired) electrons. The van der Waals surface area contributed by atoms with Crippen LogP contribution in [0.5, 0.6) is 0 Å². The number of hydrogen-bond acceptors (Lipinski definition) is 2. The molecule has 4 nitrogen and oxygen atoms in total. The standard InChI is InChI=1S/C21H14F6N2O2/c22-20(23,24)15-8-5-13(6-9-15)11-29-12-14(7-10-18(29)30)19(31)28-17-4-2-1-3-16(17)21(25,26)27/h1-10,12H,11H2,(H,28,31). The van der Waals surface area contributed by atoms with Crippen LogP contribution in [0.4, 0.5) is 32.0 Å². The highest BCUT2D eigenvalue weighted by Crippen LogP contribution is 2.34. The van der Waals surface area contributed by atoms with Crippen LogP contribution in [0.25, 0.3) is 0 Å². The molecule has 0 unspecified atom stereocenters. The summed E-state index contributed by atoms with van der Waals surface area (Å²) in [5, 5.41) is 2.17. The molecule has 0 saturated heterocycles. The summed E-state index contributed by atoms with van der Waals surface area (Å²) in [5.41, 5.74) is -2.58. The first-order valence-electron chi connectivity index (χ1n) is 8.79. The number of nitrogens with one attached hydrogen (secondary N) is 1. The van der Waals surface area contributed by atoms with Crippen LogP contribution < -0.4 is 10.9 Å². The molecule has 0 bridgehead atoms. The summed E-state index contributed by atoms with van der Waals surface area (Å²) in [6.07, 6.45) is -8.04. The lowest BCUT2D eigenvalue weighted by Crippen LogP contribution is -2.23. The monoisotopic (exact) mass is 440 g/mol. The van der Waals surface area contributed by atoms with Gasteiger partial charge in [-0.05, 0) is 35.9 Å². The molecule has 10 heteroatoms. The van der Waals surface area contributed by atoms with Crippen LogP contribution in [0.2, 0.25) is 0 Å². The number of alkyl halides is 6. The van der Waals surface area contributed by atoms with Gasteiger partial charge in [-0.3, -0.25) is 9.59 Å². The number of pyridine rings is 1. The van der Waals surface area contributed by atoms with Gasteiger partial charge >= 0.3 is 12.4 Å². The quantitative estimate of drug-likeness (QED) is 0.568. The Hall–Kier alpha value is -3.56. The maximum absolute atomic E-state index is 13.1. The Morgan fingerprint density at radius 3 is 2.10 bits per heavy atom. The zero-order valence-electron chi connectivity index (χ0n) is 15.6. The highest BCUT2D eigenvalue weighted by Gasteiger charge is 2.33. The predicted molar refractivity (Wildman–Crippen MR) is 101 cm³/mol. The van der Waals surface area contributed by atoms with Gasteiger partial charge in [-0.15, -0.1) is 0 Å². The summed E-state index contributed by atoms with van der Waals surface area (Å²) in [6.45, 7) is -0.128. The van der Waals surface area contributed by atoms with Crippen molar-refractivity contribution >= 4 is 11.6 Å². The van der Waals surface area contributed by atoms with Gasteiger partial charge in [-0.25, -0.2) is 0 Å². The third-order valence-electron chi connectivity index (χ3n) is 4.36. The molecule has 0 saturated carbocycles. The van der Waals surface area contributed by atoms with E-state index in [9.17, 15) is 35.9 Å². The first-order chi connectivity index (χ1) is 14.4. The number of anilines is 1. The molecule has 2 aromatic carbocycles. The number of nitrogens with zero attached hydrogens (tertiary/aromatic N) is 1. The molecule has 3 rings (SSSR count). The molecule has 0 fully saturated rings. The average Bonchev–Trinajstić information content (AvgIpc) is 2.69. The van der Waals surface area contributed by atoms with Crippen molar-refractivity contribution in [1.82, 2.24) is 4.57 Å². The fourth-order valence-electron chi connectivity index (χ4n) is 2.82. The van der Waals surface area contributed by atoms with Crippen molar-refractivity contribution in [2.75, 3.05) is 5.32 Å². The molecule has 1 heterocycles. The third-order valence-corrected chi connectivity index (χ3v) is 4.36. The molecule has 1 N–H and O–H groups in total. The first kappa shape index (κ1) is 22.1. The number of carbonyl (C=O) groups excluding carboxylic acids is 1. The smallest absolute Gasteiger partial charge is 0.321 e. The second-order valence-electron chi connectivity index (χ2n) is 6.58. The van der Waals surface area contributed by atoms with E-state index in [4.69, 9.17) is 0 Å². The summed E-state index contributed by atoms with van der Waals surface area (Å²) in [4.78, 5) is 24.5. The number of aromatic nitrogens is 1. The Kier molecular flexibility index (Phi) is 5.92. The lowest BCUT2D eigenvalue weighted by Gasteiger charge is -2.14. The van der Waals surface area contributed by atoms with E-state index >= 15 is 0 Å². The van der Waals surface area contributed by atoms with Gasteiger partial charge in [0, 0.05) is 12.3 Å². The molecule has 0 aliphatic rings. The predicted octanol–water partition coefficient (Wildman–Crippen LogP) is 5.19. The SMILES string of the molecule is O=C(Nc1ccccc1C(F)(F)F)c1ccc(=O)n(Cc2ccc(C(F)(F)F)cc2)c1. The van der Waals surface area contributed by atoms with Crippen LogP contribution in [-0.2, 0) is 18.9 Å². The maximum atomic E-state index is 13.1. The molecule has 0 atom stereocenters. The van der Waals surface area contributed by atoms with Gasteiger partial charge in [0.05, 0.1) is 28.9 Å². The Bertz CT molecular complexity index is 1150. The van der Waals surface area contributed by atoms with Crippen LogP contribution in [0.1, 0.15) is 27.0 Å². The normalized spacial score (nSPS) is 11.9. The van der Waals surface area contributed by atoms with Gasteiger partial charge in [0.1, 0.15) is 0 Å². The minimum Gasteiger partial charge on any atom is -0.321 e. The van der Waals surface area contributed by atoms with E-state index in [2.05, 4.69) is 5.32 Å². The van der Waals surface area contributed by atoms with Gasteiger partial charge in [0.25, 0.3) is 11.5 Å². The zero-order valence-corrected chi connectivity index (χ0v) is 15.6. The van der Waals surface area contributed by atoms with E-state index in [1.807, 2.05) is 0 Å². The number of carbonyl (C=O) groups is 1. The minimum atomic E-state index is -4.68. The van der Waals surface area contributed by atoms with Crippen molar-refractivity contribution in [3.05, 3.63) is 99.5 Å². The summed E-state index contributed by atoms with van der Waals surface area (Å²) in [6, 6.07) is 10.8. The van der Waals surface area contributed by atoms with E-state index in [1.165, 1.54) is 24.3 Å². The fraction of sp³-hybridized carbons (Fsp3) is 0.143. The average molecular weight is 440 g/mol. The summed E-state index contributed by atoms with van der Waals surface area (Å²) in [5.74, 6) is -0.877. The lowest BCUT2D eigenvalue weighted by molar-refractivity contribution is -0.138.